The summed E-state index contributed by atoms with van der Waals surface area (Å²) in [5, 5.41) is 5.00. The van der Waals surface area contributed by atoms with Crippen LogP contribution in [-0.2, 0) is 11.4 Å². The number of benzene rings is 1. The van der Waals surface area contributed by atoms with E-state index in [2.05, 4.69) is 15.0 Å². The van der Waals surface area contributed by atoms with Crippen LogP contribution in [-0.4, -0.2) is 77.8 Å². The van der Waals surface area contributed by atoms with E-state index in [1.54, 1.807) is 7.11 Å². The zero-order valence-electron chi connectivity index (χ0n) is 18.5. The number of piperazine rings is 1. The molecule has 0 N–H and O–H groups in total. The van der Waals surface area contributed by atoms with E-state index < -0.39 is 0 Å². The third-order valence-electron chi connectivity index (χ3n) is 6.24. The number of rotatable bonds is 5. The summed E-state index contributed by atoms with van der Waals surface area (Å²) in [6, 6.07) is 13.8. The molecule has 0 bridgehead atoms. The number of oxime groups is 1. The average Bonchev–Trinajstić information content (AvgIpc) is 2.84. The fourth-order valence-electron chi connectivity index (χ4n) is 4.44. The van der Waals surface area contributed by atoms with Crippen molar-refractivity contribution in [3.8, 4) is 0 Å². The Morgan fingerprint density at radius 1 is 1.03 bits per heavy atom. The minimum atomic E-state index is 0.151. The van der Waals surface area contributed by atoms with Gasteiger partial charge < -0.3 is 14.6 Å². The molecule has 0 atom stereocenters. The lowest BCUT2D eigenvalue weighted by molar-refractivity contribution is 0.101. The molecule has 4 rings (SSSR count). The molecule has 3 heterocycles. The van der Waals surface area contributed by atoms with Gasteiger partial charge in [0.15, 0.2) is 0 Å². The predicted molar refractivity (Wildman–Crippen MR) is 126 cm³/mol. The third-order valence-corrected chi connectivity index (χ3v) is 6.49. The van der Waals surface area contributed by atoms with E-state index in [1.807, 2.05) is 58.5 Å². The zero-order chi connectivity index (χ0) is 22.3. The average molecular weight is 456 g/mol. The lowest BCUT2D eigenvalue weighted by Crippen LogP contribution is -2.54. The van der Waals surface area contributed by atoms with Crippen molar-refractivity contribution in [3.63, 3.8) is 0 Å². The van der Waals surface area contributed by atoms with Crippen molar-refractivity contribution < 1.29 is 9.63 Å². The van der Waals surface area contributed by atoms with Crippen molar-refractivity contribution in [2.75, 3.05) is 46.4 Å². The molecule has 2 aliphatic rings. The van der Waals surface area contributed by atoms with Crippen LogP contribution in [0.2, 0.25) is 5.02 Å². The van der Waals surface area contributed by atoms with Crippen molar-refractivity contribution in [3.05, 3.63) is 64.9 Å². The largest absolute Gasteiger partial charge is 0.399 e. The fraction of sp³-hybridized carbons (Fsp3) is 0.458. The second-order valence-corrected chi connectivity index (χ2v) is 8.73. The van der Waals surface area contributed by atoms with Gasteiger partial charge in [-0.2, -0.15) is 0 Å². The minimum Gasteiger partial charge on any atom is -0.399 e. The van der Waals surface area contributed by atoms with Gasteiger partial charge in [0.25, 0.3) is 0 Å². The van der Waals surface area contributed by atoms with Crippen LogP contribution in [0.15, 0.2) is 53.8 Å². The molecule has 0 saturated carbocycles. The van der Waals surface area contributed by atoms with E-state index in [0.29, 0.717) is 5.02 Å². The molecule has 1 aromatic carbocycles. The molecule has 2 aliphatic heterocycles. The number of likely N-dealkylation sites (tertiary alicyclic amines) is 1. The van der Waals surface area contributed by atoms with Crippen molar-refractivity contribution in [2.24, 2.45) is 11.1 Å². The second kappa shape index (κ2) is 10.8. The Kier molecular flexibility index (Phi) is 7.60. The van der Waals surface area contributed by atoms with E-state index in [0.717, 1.165) is 75.6 Å². The van der Waals surface area contributed by atoms with Crippen LogP contribution in [0, 0.1) is 5.92 Å². The Labute approximate surface area is 194 Å². The first-order chi connectivity index (χ1) is 15.6. The van der Waals surface area contributed by atoms with Crippen LogP contribution in [0.25, 0.3) is 0 Å². The molecule has 2 amide bonds. The molecule has 0 unspecified atom stereocenters. The summed E-state index contributed by atoms with van der Waals surface area (Å²) in [5.41, 5.74) is 3.02. The summed E-state index contributed by atoms with van der Waals surface area (Å²) >= 11 is 6.03. The van der Waals surface area contributed by atoms with Gasteiger partial charge in [-0.3, -0.25) is 9.88 Å². The van der Waals surface area contributed by atoms with Crippen molar-refractivity contribution in [1.29, 1.82) is 0 Å². The van der Waals surface area contributed by atoms with Gasteiger partial charge in [0.1, 0.15) is 7.11 Å². The highest BCUT2D eigenvalue weighted by atomic mass is 35.5. The highest BCUT2D eigenvalue weighted by Gasteiger charge is 2.31. The molecule has 0 spiro atoms. The monoisotopic (exact) mass is 455 g/mol. The Hall–Kier alpha value is -2.64. The van der Waals surface area contributed by atoms with E-state index in [9.17, 15) is 4.79 Å². The van der Waals surface area contributed by atoms with Crippen molar-refractivity contribution in [1.82, 2.24) is 19.7 Å². The van der Waals surface area contributed by atoms with Gasteiger partial charge in [0.05, 0.1) is 11.4 Å². The minimum absolute atomic E-state index is 0.151. The van der Waals surface area contributed by atoms with Crippen molar-refractivity contribution >= 4 is 23.3 Å². The fourth-order valence-corrected chi connectivity index (χ4v) is 4.57. The van der Waals surface area contributed by atoms with Gasteiger partial charge in [-0.15, -0.1) is 0 Å². The van der Waals surface area contributed by atoms with E-state index in [-0.39, 0.29) is 11.9 Å². The zero-order valence-corrected chi connectivity index (χ0v) is 19.2. The Balaban J connectivity index is 1.28. The first-order valence-electron chi connectivity index (χ1n) is 11.2. The molecule has 32 heavy (non-hydrogen) atoms. The number of urea groups is 1. The summed E-state index contributed by atoms with van der Waals surface area (Å²) in [6.07, 6.45) is 3.57. The van der Waals surface area contributed by atoms with Crippen LogP contribution in [0.5, 0.6) is 0 Å². The highest BCUT2D eigenvalue weighted by molar-refractivity contribution is 6.30. The van der Waals surface area contributed by atoms with Crippen LogP contribution in [0.3, 0.4) is 0 Å². The number of nitrogens with zero attached hydrogens (tertiary/aromatic N) is 5. The lowest BCUT2D eigenvalue weighted by atomic mass is 9.88. The first kappa shape index (κ1) is 22.6. The van der Waals surface area contributed by atoms with Gasteiger partial charge in [0.2, 0.25) is 0 Å². The maximum Gasteiger partial charge on any atom is 0.320 e. The van der Waals surface area contributed by atoms with E-state index in [4.69, 9.17) is 16.4 Å². The van der Waals surface area contributed by atoms with Crippen molar-refractivity contribution in [2.45, 2.75) is 19.4 Å². The lowest BCUT2D eigenvalue weighted by Gasteiger charge is -2.39. The molecule has 0 aliphatic carbocycles. The normalized spacial score (nSPS) is 18.6. The van der Waals surface area contributed by atoms with Crippen LogP contribution < -0.4 is 0 Å². The number of piperidine rings is 1. The van der Waals surface area contributed by atoms with Crippen LogP contribution in [0.1, 0.15) is 24.1 Å². The molecule has 2 saturated heterocycles. The molecule has 0 radical (unpaired) electrons. The first-order valence-corrected chi connectivity index (χ1v) is 11.5. The number of hydrogen-bond acceptors (Lipinski definition) is 5. The maximum absolute atomic E-state index is 13.1. The van der Waals surface area contributed by atoms with E-state index in [1.165, 1.54) is 0 Å². The molecule has 7 nitrogen and oxygen atoms in total. The maximum atomic E-state index is 13.1. The smallest absolute Gasteiger partial charge is 0.320 e. The molecule has 170 valence electrons. The van der Waals surface area contributed by atoms with Gasteiger partial charge >= 0.3 is 6.03 Å². The number of pyridine rings is 1. The number of halogens is 1. The third kappa shape index (κ3) is 5.58. The molecular weight excluding hydrogens is 426 g/mol. The summed E-state index contributed by atoms with van der Waals surface area (Å²) in [7, 11) is 1.57. The number of carbonyl (C=O) groups is 1. The van der Waals surface area contributed by atoms with E-state index >= 15 is 0 Å². The number of aromatic nitrogens is 1. The molecule has 8 heteroatoms. The number of hydrogen-bond donors (Lipinski definition) is 0. The Morgan fingerprint density at radius 2 is 1.72 bits per heavy atom. The number of carbonyl (C=O) groups excluding carboxylic acids is 1. The predicted octanol–water partition coefficient (Wildman–Crippen LogP) is 3.74. The Morgan fingerprint density at radius 3 is 2.34 bits per heavy atom. The molecular formula is C24H30ClN5O2. The van der Waals surface area contributed by atoms with Gasteiger partial charge in [-0.25, -0.2) is 4.79 Å². The summed E-state index contributed by atoms with van der Waals surface area (Å²) in [4.78, 5) is 28.9. The van der Waals surface area contributed by atoms with Crippen LogP contribution in [0.4, 0.5) is 4.79 Å². The SMILES string of the molecule is CON=C(c1ccc(Cl)cc1)C1CCN(C(=O)N2CCN(Cc3ccccn3)CC2)CC1. The summed E-state index contributed by atoms with van der Waals surface area (Å²) in [5.74, 6) is 0.260. The summed E-state index contributed by atoms with van der Waals surface area (Å²) in [6.45, 7) is 5.56. The molecule has 1 aromatic heterocycles. The molecule has 2 fully saturated rings. The second-order valence-electron chi connectivity index (χ2n) is 8.29. The quantitative estimate of drug-likeness (QED) is 0.509. The molecule has 2 aromatic rings. The standard InChI is InChI=1S/C24H30ClN5O2/c1-32-27-23(19-5-7-21(25)8-6-19)20-9-12-29(13-10-20)24(31)30-16-14-28(15-17-30)18-22-4-2-3-11-26-22/h2-8,11,20H,9-10,12-18H2,1H3. The highest BCUT2D eigenvalue weighted by Crippen LogP contribution is 2.25. The topological polar surface area (TPSA) is 61.3 Å². The van der Waals surface area contributed by atoms with Crippen LogP contribution >= 0.6 is 11.6 Å². The summed E-state index contributed by atoms with van der Waals surface area (Å²) < 4.78 is 0. The number of amides is 2. The van der Waals surface area contributed by atoms with Gasteiger partial charge in [-0.1, -0.05) is 35.0 Å². The van der Waals surface area contributed by atoms with Gasteiger partial charge in [-0.05, 0) is 42.7 Å². The van der Waals surface area contributed by atoms with Gasteiger partial charge in [0, 0.05) is 63.0 Å². The Bertz CT molecular complexity index is 906.